The average molecular weight is 589 g/mol. The van der Waals surface area contributed by atoms with Gasteiger partial charge in [0.15, 0.2) is 0 Å². The van der Waals surface area contributed by atoms with Gasteiger partial charge in [-0.15, -0.1) is 6.58 Å². The minimum Gasteiger partial charge on any atom is -0.463 e. The molecular weight excluding hydrogens is 556 g/mol. The van der Waals surface area contributed by atoms with Crippen LogP contribution in [0.4, 0.5) is 22.4 Å². The number of hydrogen-bond acceptors (Lipinski definition) is 5. The third kappa shape index (κ3) is 6.99. The van der Waals surface area contributed by atoms with Crippen LogP contribution in [0.25, 0.3) is 0 Å². The number of nitrogens with zero attached hydrogens (tertiary/aromatic N) is 3. The lowest BCUT2D eigenvalue weighted by atomic mass is 9.93. The summed E-state index contributed by atoms with van der Waals surface area (Å²) in [6.45, 7) is 7.28. The second-order valence-electron chi connectivity index (χ2n) is 9.91. The summed E-state index contributed by atoms with van der Waals surface area (Å²) < 4.78 is 58.6. The van der Waals surface area contributed by atoms with E-state index in [1.165, 1.54) is 41.3 Å². The first kappa shape index (κ1) is 30.8. The molecule has 2 aromatic carbocycles. The zero-order chi connectivity index (χ0) is 30.4. The highest BCUT2D eigenvalue weighted by Crippen LogP contribution is 2.35. The molecule has 0 radical (unpaired) electrons. The van der Waals surface area contributed by atoms with Gasteiger partial charge in [-0.05, 0) is 49.2 Å². The van der Waals surface area contributed by atoms with Crippen LogP contribution in [0.3, 0.4) is 0 Å². The van der Waals surface area contributed by atoms with Gasteiger partial charge in [0.2, 0.25) is 0 Å². The van der Waals surface area contributed by atoms with E-state index >= 15 is 0 Å². The van der Waals surface area contributed by atoms with E-state index in [1.807, 2.05) is 4.90 Å². The molecule has 0 aliphatic carbocycles. The van der Waals surface area contributed by atoms with Crippen LogP contribution >= 0.6 is 0 Å². The number of alkyl halides is 3. The van der Waals surface area contributed by atoms with Crippen LogP contribution in [0, 0.1) is 5.82 Å². The minimum absolute atomic E-state index is 0.0472. The Bertz CT molecular complexity index is 1360. The van der Waals surface area contributed by atoms with Crippen LogP contribution in [0.5, 0.6) is 0 Å². The number of benzene rings is 2. The number of hydrogen-bond donors (Lipinski definition) is 1. The molecule has 12 heteroatoms. The first-order valence-electron chi connectivity index (χ1n) is 13.6. The van der Waals surface area contributed by atoms with Crippen molar-refractivity contribution < 1.29 is 36.7 Å². The lowest BCUT2D eigenvalue weighted by Gasteiger charge is -2.38. The molecule has 0 bridgehead atoms. The van der Waals surface area contributed by atoms with Crippen molar-refractivity contribution in [2.75, 3.05) is 45.9 Å². The molecule has 0 unspecified atom stereocenters. The molecule has 0 saturated carbocycles. The summed E-state index contributed by atoms with van der Waals surface area (Å²) in [6, 6.07) is 8.17. The molecule has 3 amide bonds. The highest BCUT2D eigenvalue weighted by molar-refractivity contribution is 5.95. The van der Waals surface area contributed by atoms with Crippen LogP contribution in [0.1, 0.15) is 40.9 Å². The van der Waals surface area contributed by atoms with E-state index in [0.717, 1.165) is 12.1 Å². The number of carbonyl (C=O) groups is 3. The molecule has 0 aromatic heterocycles. The molecule has 4 rings (SSSR count). The van der Waals surface area contributed by atoms with Crippen molar-refractivity contribution in [2.45, 2.75) is 25.6 Å². The van der Waals surface area contributed by atoms with Crippen molar-refractivity contribution in [3.05, 3.63) is 95.0 Å². The zero-order valence-corrected chi connectivity index (χ0v) is 23.1. The van der Waals surface area contributed by atoms with Crippen molar-refractivity contribution in [3.8, 4) is 0 Å². The molecule has 8 nitrogen and oxygen atoms in total. The van der Waals surface area contributed by atoms with E-state index in [9.17, 15) is 31.9 Å². The molecule has 1 saturated heterocycles. The number of esters is 1. The van der Waals surface area contributed by atoms with Gasteiger partial charge < -0.3 is 15.0 Å². The van der Waals surface area contributed by atoms with Crippen molar-refractivity contribution >= 4 is 17.9 Å². The second kappa shape index (κ2) is 13.2. The van der Waals surface area contributed by atoms with Gasteiger partial charge in [0, 0.05) is 50.5 Å². The number of urea groups is 1. The van der Waals surface area contributed by atoms with Gasteiger partial charge in [-0.3, -0.25) is 14.6 Å². The highest BCUT2D eigenvalue weighted by Gasteiger charge is 2.39. The average Bonchev–Trinajstić information content (AvgIpc) is 3.19. The quantitative estimate of drug-likeness (QED) is 0.273. The van der Waals surface area contributed by atoms with Crippen molar-refractivity contribution in [3.63, 3.8) is 0 Å². The molecule has 224 valence electrons. The Morgan fingerprint density at radius 2 is 1.83 bits per heavy atom. The lowest BCUT2D eigenvalue weighted by Crippen LogP contribution is -2.51. The van der Waals surface area contributed by atoms with Crippen molar-refractivity contribution in [1.82, 2.24) is 20.0 Å². The SMILES string of the molecule is C=CCN1C(=O)N[C@H](c2ccc(C(F)(F)F)cc2)C(C(=O)OCC)=C1CN1CCCN(C(=O)c2cccc(F)c2)CC1. The Kier molecular flexibility index (Phi) is 9.66. The van der Waals surface area contributed by atoms with Gasteiger partial charge in [-0.25, -0.2) is 14.0 Å². The zero-order valence-electron chi connectivity index (χ0n) is 23.1. The molecule has 2 aliphatic heterocycles. The monoisotopic (exact) mass is 588 g/mol. The Hall–Kier alpha value is -4.19. The van der Waals surface area contributed by atoms with Crippen molar-refractivity contribution in [2.24, 2.45) is 0 Å². The third-order valence-electron chi connectivity index (χ3n) is 7.14. The van der Waals surface area contributed by atoms with Gasteiger partial charge in [0.25, 0.3) is 5.91 Å². The van der Waals surface area contributed by atoms with Crippen LogP contribution in [-0.4, -0.2) is 78.5 Å². The molecule has 2 aliphatic rings. The molecule has 2 heterocycles. The van der Waals surface area contributed by atoms with E-state index in [4.69, 9.17) is 4.74 Å². The minimum atomic E-state index is -4.54. The summed E-state index contributed by atoms with van der Waals surface area (Å²) >= 11 is 0. The van der Waals surface area contributed by atoms with Gasteiger partial charge in [0.1, 0.15) is 5.82 Å². The molecule has 1 N–H and O–H groups in total. The van der Waals surface area contributed by atoms with Gasteiger partial charge in [-0.2, -0.15) is 13.2 Å². The number of rotatable bonds is 8. The molecule has 2 aromatic rings. The first-order valence-corrected chi connectivity index (χ1v) is 13.6. The largest absolute Gasteiger partial charge is 0.463 e. The molecular formula is C30H32F4N4O4. The summed E-state index contributed by atoms with van der Waals surface area (Å²) in [7, 11) is 0. The maximum absolute atomic E-state index is 13.7. The van der Waals surface area contributed by atoms with E-state index in [1.54, 1.807) is 17.9 Å². The van der Waals surface area contributed by atoms with Gasteiger partial charge >= 0.3 is 18.2 Å². The fourth-order valence-corrected chi connectivity index (χ4v) is 5.11. The molecule has 42 heavy (non-hydrogen) atoms. The van der Waals surface area contributed by atoms with Crippen LogP contribution < -0.4 is 5.32 Å². The Morgan fingerprint density at radius 1 is 1.10 bits per heavy atom. The van der Waals surface area contributed by atoms with E-state index < -0.39 is 35.6 Å². The second-order valence-corrected chi connectivity index (χ2v) is 9.91. The number of amides is 3. The van der Waals surface area contributed by atoms with Crippen LogP contribution in [0.15, 0.2) is 72.5 Å². The Labute approximate surface area is 241 Å². The topological polar surface area (TPSA) is 82.2 Å². The summed E-state index contributed by atoms with van der Waals surface area (Å²) in [5, 5.41) is 2.74. The molecule has 1 atom stereocenters. The number of nitrogens with one attached hydrogen (secondary N) is 1. The summed E-state index contributed by atoms with van der Waals surface area (Å²) in [5.74, 6) is -1.50. The number of ether oxygens (including phenoxy) is 1. The predicted molar refractivity (Wildman–Crippen MR) is 147 cm³/mol. The summed E-state index contributed by atoms with van der Waals surface area (Å²) in [5.41, 5.74) is 0.126. The highest BCUT2D eigenvalue weighted by atomic mass is 19.4. The van der Waals surface area contributed by atoms with E-state index in [0.29, 0.717) is 38.3 Å². The maximum Gasteiger partial charge on any atom is 0.416 e. The third-order valence-corrected chi connectivity index (χ3v) is 7.14. The molecule has 0 spiro atoms. The summed E-state index contributed by atoms with van der Waals surface area (Å²) in [4.78, 5) is 44.6. The fourth-order valence-electron chi connectivity index (χ4n) is 5.11. The Balaban J connectivity index is 1.66. The fraction of sp³-hybridized carbons (Fsp3) is 0.367. The maximum atomic E-state index is 13.7. The number of carbonyl (C=O) groups excluding carboxylic acids is 3. The first-order chi connectivity index (χ1) is 20.0. The lowest BCUT2D eigenvalue weighted by molar-refractivity contribution is -0.139. The normalized spacial score (nSPS) is 18.4. The smallest absolute Gasteiger partial charge is 0.416 e. The summed E-state index contributed by atoms with van der Waals surface area (Å²) in [6.07, 6.45) is -2.46. The Morgan fingerprint density at radius 3 is 2.48 bits per heavy atom. The van der Waals surface area contributed by atoms with E-state index in [-0.39, 0.29) is 42.3 Å². The van der Waals surface area contributed by atoms with Crippen LogP contribution in [-0.2, 0) is 15.7 Å². The van der Waals surface area contributed by atoms with Crippen LogP contribution in [0.2, 0.25) is 0 Å². The van der Waals surface area contributed by atoms with Gasteiger partial charge in [0.05, 0.1) is 23.8 Å². The van der Waals surface area contributed by atoms with Gasteiger partial charge in [-0.1, -0.05) is 24.3 Å². The van der Waals surface area contributed by atoms with E-state index in [2.05, 4.69) is 11.9 Å². The number of halogens is 4. The predicted octanol–water partition coefficient (Wildman–Crippen LogP) is 4.76. The standard InChI is InChI=1S/C30H32F4N4O4/c1-3-13-38-24(19-36-14-6-15-37(17-16-36)27(39)21-7-5-8-23(31)18-21)25(28(40)42-4-2)26(35-29(38)41)20-9-11-22(12-10-20)30(32,33)34/h3,5,7-12,18,26H,1,4,6,13-17,19H2,2H3,(H,35,41)/t26-/m1/s1. The molecule has 1 fully saturated rings. The van der Waals surface area contributed by atoms with Crippen molar-refractivity contribution in [1.29, 1.82) is 0 Å².